The minimum Gasteiger partial charge on any atom is -0.484 e. The maximum absolute atomic E-state index is 6.12. The Kier molecular flexibility index (Phi) is 3.94. The first-order valence-electron chi connectivity index (χ1n) is 5.40. The second-order valence-electron chi connectivity index (χ2n) is 3.81. The molecule has 1 heterocycles. The number of hydrogen-bond donors (Lipinski definition) is 1. The van der Waals surface area contributed by atoms with Gasteiger partial charge in [-0.25, -0.2) is 4.98 Å². The number of pyridine rings is 1. The summed E-state index contributed by atoms with van der Waals surface area (Å²) in [6, 6.07) is 8.79. The zero-order valence-corrected chi connectivity index (χ0v) is 11.2. The molecule has 3 nitrogen and oxygen atoms in total. The molecule has 94 valence electrons. The molecule has 1 unspecified atom stereocenters. The lowest BCUT2D eigenvalue weighted by atomic mass is 10.1. The van der Waals surface area contributed by atoms with Gasteiger partial charge >= 0.3 is 0 Å². The number of nitrogen functional groups attached to an aromatic ring is 1. The van der Waals surface area contributed by atoms with Crippen LogP contribution in [-0.2, 0) is 0 Å². The van der Waals surface area contributed by atoms with E-state index in [4.69, 9.17) is 33.7 Å². The fraction of sp³-hybridized carbons (Fsp3) is 0.154. The first-order chi connectivity index (χ1) is 8.58. The van der Waals surface area contributed by atoms with E-state index in [1.807, 2.05) is 6.92 Å². The lowest BCUT2D eigenvalue weighted by Crippen LogP contribution is -2.05. The van der Waals surface area contributed by atoms with Crippen LogP contribution >= 0.6 is 23.2 Å². The molecular weight excluding hydrogens is 271 g/mol. The third kappa shape index (κ3) is 2.86. The van der Waals surface area contributed by atoms with Gasteiger partial charge in [-0.3, -0.25) is 0 Å². The molecule has 0 fully saturated rings. The number of halogens is 2. The Balaban J connectivity index is 2.22. The predicted molar refractivity (Wildman–Crippen MR) is 74.2 cm³/mol. The van der Waals surface area contributed by atoms with Gasteiger partial charge in [0.1, 0.15) is 17.7 Å². The van der Waals surface area contributed by atoms with Crippen LogP contribution in [0.2, 0.25) is 10.0 Å². The highest BCUT2D eigenvalue weighted by Crippen LogP contribution is 2.32. The van der Waals surface area contributed by atoms with Crippen molar-refractivity contribution in [1.82, 2.24) is 4.98 Å². The molecule has 1 aromatic heterocycles. The van der Waals surface area contributed by atoms with Crippen LogP contribution in [0, 0.1) is 0 Å². The van der Waals surface area contributed by atoms with Gasteiger partial charge in [-0.05, 0) is 31.2 Å². The molecule has 5 heteroatoms. The van der Waals surface area contributed by atoms with Gasteiger partial charge in [0.25, 0.3) is 0 Å². The third-order valence-corrected chi connectivity index (χ3v) is 3.14. The normalized spacial score (nSPS) is 12.2. The van der Waals surface area contributed by atoms with E-state index in [1.165, 1.54) is 0 Å². The fourth-order valence-corrected chi connectivity index (χ4v) is 2.33. The molecule has 0 aliphatic rings. The van der Waals surface area contributed by atoms with Crippen LogP contribution in [-0.4, -0.2) is 4.98 Å². The minimum absolute atomic E-state index is 0.267. The van der Waals surface area contributed by atoms with E-state index in [9.17, 15) is 0 Å². The summed E-state index contributed by atoms with van der Waals surface area (Å²) in [4.78, 5) is 3.96. The number of aromatic nitrogens is 1. The Morgan fingerprint density at radius 1 is 1.17 bits per heavy atom. The summed E-state index contributed by atoms with van der Waals surface area (Å²) in [5.74, 6) is 1.07. The molecule has 1 atom stereocenters. The minimum atomic E-state index is -0.267. The van der Waals surface area contributed by atoms with Crippen LogP contribution in [0.15, 0.2) is 36.5 Å². The average Bonchev–Trinajstić information content (AvgIpc) is 2.32. The van der Waals surface area contributed by atoms with Gasteiger partial charge < -0.3 is 10.5 Å². The Hall–Kier alpha value is -1.45. The molecule has 0 radical (unpaired) electrons. The van der Waals surface area contributed by atoms with Gasteiger partial charge in [0.05, 0.1) is 6.20 Å². The molecule has 2 aromatic rings. The van der Waals surface area contributed by atoms with Crippen molar-refractivity contribution in [3.05, 3.63) is 52.1 Å². The molecule has 1 aromatic carbocycles. The SMILES string of the molecule is CC(Oc1ccc(N)nc1)c1c(Cl)cccc1Cl. The number of rotatable bonds is 3. The number of anilines is 1. The molecule has 0 saturated carbocycles. The van der Waals surface area contributed by atoms with E-state index in [-0.39, 0.29) is 6.10 Å². The van der Waals surface area contributed by atoms with Crippen LogP contribution < -0.4 is 10.5 Å². The number of nitrogens with two attached hydrogens (primary N) is 1. The largest absolute Gasteiger partial charge is 0.484 e. The predicted octanol–water partition coefficient (Wildman–Crippen LogP) is 4.11. The van der Waals surface area contributed by atoms with E-state index in [0.29, 0.717) is 21.6 Å². The number of benzene rings is 1. The molecule has 0 aliphatic heterocycles. The van der Waals surface area contributed by atoms with Crippen molar-refractivity contribution in [2.75, 3.05) is 5.73 Å². The quantitative estimate of drug-likeness (QED) is 0.922. The maximum Gasteiger partial charge on any atom is 0.138 e. The maximum atomic E-state index is 6.12. The molecule has 2 N–H and O–H groups in total. The van der Waals surface area contributed by atoms with Crippen molar-refractivity contribution in [1.29, 1.82) is 0 Å². The van der Waals surface area contributed by atoms with Crippen LogP contribution in [0.4, 0.5) is 5.82 Å². The molecule has 0 amide bonds. The van der Waals surface area contributed by atoms with Crippen LogP contribution in [0.5, 0.6) is 5.75 Å². The zero-order chi connectivity index (χ0) is 13.1. The molecule has 0 spiro atoms. The fourth-order valence-electron chi connectivity index (χ4n) is 1.62. The molecule has 0 bridgehead atoms. The standard InChI is InChI=1S/C13H12Cl2N2O/c1-8(13-10(14)3-2-4-11(13)15)18-9-5-6-12(16)17-7-9/h2-8H,1H3,(H2,16,17). The summed E-state index contributed by atoms with van der Waals surface area (Å²) in [5.41, 5.74) is 6.27. The van der Waals surface area contributed by atoms with Crippen molar-refractivity contribution in [3.8, 4) is 5.75 Å². The van der Waals surface area contributed by atoms with Gasteiger partial charge in [-0.15, -0.1) is 0 Å². The summed E-state index contributed by atoms with van der Waals surface area (Å²) in [6.45, 7) is 1.88. The van der Waals surface area contributed by atoms with Crippen molar-refractivity contribution >= 4 is 29.0 Å². The lowest BCUT2D eigenvalue weighted by Gasteiger charge is -2.17. The van der Waals surface area contributed by atoms with Gasteiger partial charge in [0.15, 0.2) is 0 Å². The monoisotopic (exact) mass is 282 g/mol. The highest BCUT2D eigenvalue weighted by Gasteiger charge is 2.15. The summed E-state index contributed by atoms with van der Waals surface area (Å²) in [6.07, 6.45) is 1.30. The number of hydrogen-bond acceptors (Lipinski definition) is 3. The first-order valence-corrected chi connectivity index (χ1v) is 6.15. The molecule has 2 rings (SSSR count). The lowest BCUT2D eigenvalue weighted by molar-refractivity contribution is 0.226. The van der Waals surface area contributed by atoms with Gasteiger partial charge in [-0.2, -0.15) is 0 Å². The first kappa shape index (κ1) is 13.0. The Morgan fingerprint density at radius 2 is 1.83 bits per heavy atom. The van der Waals surface area contributed by atoms with Crippen LogP contribution in [0.1, 0.15) is 18.6 Å². The van der Waals surface area contributed by atoms with Crippen molar-refractivity contribution in [3.63, 3.8) is 0 Å². The van der Waals surface area contributed by atoms with E-state index in [0.717, 1.165) is 5.56 Å². The second kappa shape index (κ2) is 5.46. The highest BCUT2D eigenvalue weighted by atomic mass is 35.5. The number of nitrogens with zero attached hydrogens (tertiary/aromatic N) is 1. The second-order valence-corrected chi connectivity index (χ2v) is 4.63. The van der Waals surface area contributed by atoms with E-state index in [2.05, 4.69) is 4.98 Å². The summed E-state index contributed by atoms with van der Waals surface area (Å²) in [5, 5.41) is 1.16. The van der Waals surface area contributed by atoms with Crippen LogP contribution in [0.3, 0.4) is 0 Å². The summed E-state index contributed by atoms with van der Waals surface area (Å²) < 4.78 is 5.73. The summed E-state index contributed by atoms with van der Waals surface area (Å²) in [7, 11) is 0. The van der Waals surface area contributed by atoms with Crippen molar-refractivity contribution in [2.24, 2.45) is 0 Å². The van der Waals surface area contributed by atoms with Gasteiger partial charge in [0, 0.05) is 15.6 Å². The smallest absolute Gasteiger partial charge is 0.138 e. The van der Waals surface area contributed by atoms with Gasteiger partial charge in [0.2, 0.25) is 0 Å². The summed E-state index contributed by atoms with van der Waals surface area (Å²) >= 11 is 12.2. The van der Waals surface area contributed by atoms with Crippen molar-refractivity contribution in [2.45, 2.75) is 13.0 Å². The van der Waals surface area contributed by atoms with Crippen molar-refractivity contribution < 1.29 is 4.74 Å². The third-order valence-electron chi connectivity index (χ3n) is 2.48. The Morgan fingerprint density at radius 3 is 2.39 bits per heavy atom. The number of ether oxygens (including phenoxy) is 1. The Bertz CT molecular complexity index is 523. The van der Waals surface area contributed by atoms with Gasteiger partial charge in [-0.1, -0.05) is 29.3 Å². The molecule has 18 heavy (non-hydrogen) atoms. The average molecular weight is 283 g/mol. The zero-order valence-electron chi connectivity index (χ0n) is 9.73. The topological polar surface area (TPSA) is 48.1 Å². The Labute approximate surface area is 115 Å². The molecule has 0 saturated heterocycles. The molecular formula is C13H12Cl2N2O. The highest BCUT2D eigenvalue weighted by molar-refractivity contribution is 6.36. The van der Waals surface area contributed by atoms with E-state index in [1.54, 1.807) is 36.5 Å². The van der Waals surface area contributed by atoms with E-state index >= 15 is 0 Å². The molecule has 0 aliphatic carbocycles. The van der Waals surface area contributed by atoms with Crippen LogP contribution in [0.25, 0.3) is 0 Å². The van der Waals surface area contributed by atoms with E-state index < -0.39 is 0 Å².